The van der Waals surface area contributed by atoms with E-state index in [4.69, 9.17) is 11.6 Å². The third-order valence-electron chi connectivity index (χ3n) is 0.996. The second-order valence-corrected chi connectivity index (χ2v) is 2.73. The van der Waals surface area contributed by atoms with Gasteiger partial charge in [0.25, 0.3) is 0 Å². The van der Waals surface area contributed by atoms with Crippen molar-refractivity contribution in [2.45, 2.75) is 31.6 Å². The van der Waals surface area contributed by atoms with Crippen LogP contribution >= 0.6 is 11.6 Å². The standard InChI is InChI=1S/C6H12ClO/c1-6(7)4-2-3-5-8/h6H,2-5H2,1H3. The number of hydrogen-bond acceptors (Lipinski definition) is 0. The fraction of sp³-hybridized carbons (Fsp3) is 1.00. The van der Waals surface area contributed by atoms with Gasteiger partial charge in [-0.25, -0.2) is 5.11 Å². The summed E-state index contributed by atoms with van der Waals surface area (Å²) >= 11 is 5.61. The lowest BCUT2D eigenvalue weighted by Crippen LogP contribution is -1.90. The Morgan fingerprint density at radius 1 is 1.50 bits per heavy atom. The zero-order valence-corrected chi connectivity index (χ0v) is 5.95. The van der Waals surface area contributed by atoms with Crippen molar-refractivity contribution in [2.24, 2.45) is 0 Å². The van der Waals surface area contributed by atoms with E-state index in [2.05, 4.69) is 0 Å². The van der Waals surface area contributed by atoms with Crippen LogP contribution in [0.3, 0.4) is 0 Å². The van der Waals surface area contributed by atoms with E-state index in [-0.39, 0.29) is 12.0 Å². The summed E-state index contributed by atoms with van der Waals surface area (Å²) in [4.78, 5) is 0. The Balaban J connectivity index is 2.72. The summed E-state index contributed by atoms with van der Waals surface area (Å²) in [6.07, 6.45) is 2.73. The average molecular weight is 136 g/mol. The molecule has 0 aliphatic rings. The van der Waals surface area contributed by atoms with Crippen LogP contribution in [-0.4, -0.2) is 12.0 Å². The fourth-order valence-electron chi connectivity index (χ4n) is 0.528. The molecule has 0 N–H and O–H groups in total. The molecule has 0 aliphatic carbocycles. The van der Waals surface area contributed by atoms with Gasteiger partial charge in [-0.1, -0.05) is 0 Å². The van der Waals surface area contributed by atoms with Gasteiger partial charge in [-0.3, -0.25) is 0 Å². The van der Waals surface area contributed by atoms with Crippen molar-refractivity contribution in [1.29, 1.82) is 0 Å². The molecule has 0 aliphatic heterocycles. The summed E-state index contributed by atoms with van der Waals surface area (Å²) in [5.74, 6) is 0. The van der Waals surface area contributed by atoms with Gasteiger partial charge in [0, 0.05) is 5.38 Å². The second-order valence-electron chi connectivity index (χ2n) is 1.98. The van der Waals surface area contributed by atoms with Gasteiger partial charge in [0.1, 0.15) is 0 Å². The van der Waals surface area contributed by atoms with Crippen LogP contribution in [0.5, 0.6) is 0 Å². The number of halogens is 1. The van der Waals surface area contributed by atoms with Crippen LogP contribution in [0.25, 0.3) is 0 Å². The molecule has 0 heterocycles. The van der Waals surface area contributed by atoms with Crippen molar-refractivity contribution in [3.63, 3.8) is 0 Å². The Morgan fingerprint density at radius 3 is 2.50 bits per heavy atom. The van der Waals surface area contributed by atoms with Gasteiger partial charge in [-0.2, -0.15) is 0 Å². The molecule has 1 atom stereocenters. The molecule has 2 heteroatoms. The van der Waals surface area contributed by atoms with Crippen LogP contribution in [0, 0.1) is 0 Å². The minimum atomic E-state index is 0.0452. The summed E-state index contributed by atoms with van der Waals surface area (Å²) in [5, 5.41) is 10.1. The van der Waals surface area contributed by atoms with Gasteiger partial charge < -0.3 is 0 Å². The molecule has 0 saturated heterocycles. The van der Waals surface area contributed by atoms with E-state index in [0.717, 1.165) is 19.3 Å². The third-order valence-corrected chi connectivity index (χ3v) is 1.21. The van der Waals surface area contributed by atoms with Crippen molar-refractivity contribution < 1.29 is 5.11 Å². The quantitative estimate of drug-likeness (QED) is 0.416. The topological polar surface area (TPSA) is 19.9 Å². The molecule has 0 saturated carbocycles. The minimum Gasteiger partial charge on any atom is -0.237 e. The zero-order valence-electron chi connectivity index (χ0n) is 5.19. The van der Waals surface area contributed by atoms with Crippen LogP contribution < -0.4 is 0 Å². The molecule has 0 rings (SSSR count). The Hall–Kier alpha value is 0.250. The number of unbranched alkanes of at least 4 members (excludes halogenated alkanes) is 1. The number of rotatable bonds is 4. The largest absolute Gasteiger partial charge is 0.237 e. The third kappa shape index (κ3) is 6.25. The summed E-state index contributed by atoms with van der Waals surface area (Å²) in [6, 6.07) is 0. The predicted octanol–water partition coefficient (Wildman–Crippen LogP) is 2.21. The highest BCUT2D eigenvalue weighted by Crippen LogP contribution is 2.04. The Bertz CT molecular complexity index is 45.8. The van der Waals surface area contributed by atoms with Crippen LogP contribution in [0.1, 0.15) is 26.2 Å². The fourth-order valence-corrected chi connectivity index (χ4v) is 0.682. The van der Waals surface area contributed by atoms with Gasteiger partial charge in [-0.15, -0.1) is 11.6 Å². The first-order valence-electron chi connectivity index (χ1n) is 2.99. The van der Waals surface area contributed by atoms with Gasteiger partial charge in [0.05, 0.1) is 6.61 Å². The maximum absolute atomic E-state index is 9.87. The molecule has 0 fully saturated rings. The Morgan fingerprint density at radius 2 is 2.12 bits per heavy atom. The normalized spacial score (nSPS) is 13.9. The summed E-state index contributed by atoms with van der Waals surface area (Å²) in [5.41, 5.74) is 0. The van der Waals surface area contributed by atoms with Gasteiger partial charge in [0.15, 0.2) is 0 Å². The SMILES string of the molecule is CC(Cl)CCCC[O]. The summed E-state index contributed by atoms with van der Waals surface area (Å²) in [6.45, 7) is 2.00. The average Bonchev–Trinajstić information content (AvgIpc) is 1.66. The highest BCUT2D eigenvalue weighted by atomic mass is 35.5. The molecule has 49 valence electrons. The van der Waals surface area contributed by atoms with Crippen molar-refractivity contribution in [2.75, 3.05) is 6.61 Å². The van der Waals surface area contributed by atoms with Crippen molar-refractivity contribution in [1.82, 2.24) is 0 Å². The summed E-state index contributed by atoms with van der Waals surface area (Å²) < 4.78 is 0. The molecule has 1 nitrogen and oxygen atoms in total. The molecule has 0 spiro atoms. The molecule has 1 radical (unpaired) electrons. The van der Waals surface area contributed by atoms with Crippen molar-refractivity contribution in [3.8, 4) is 0 Å². The molecule has 0 aromatic carbocycles. The Labute approximate surface area is 55.7 Å². The minimum absolute atomic E-state index is 0.0452. The van der Waals surface area contributed by atoms with Gasteiger partial charge >= 0.3 is 0 Å². The second kappa shape index (κ2) is 5.39. The lowest BCUT2D eigenvalue weighted by Gasteiger charge is -1.97. The zero-order chi connectivity index (χ0) is 6.41. The summed E-state index contributed by atoms with van der Waals surface area (Å²) in [7, 11) is 0. The van der Waals surface area contributed by atoms with E-state index in [1.54, 1.807) is 0 Å². The van der Waals surface area contributed by atoms with E-state index in [0.29, 0.717) is 0 Å². The monoisotopic (exact) mass is 135 g/mol. The molecule has 1 unspecified atom stereocenters. The highest BCUT2D eigenvalue weighted by Gasteiger charge is 1.93. The van der Waals surface area contributed by atoms with E-state index >= 15 is 0 Å². The first-order chi connectivity index (χ1) is 3.77. The van der Waals surface area contributed by atoms with Crippen LogP contribution in [0.2, 0.25) is 0 Å². The maximum Gasteiger partial charge on any atom is 0.0822 e. The lowest BCUT2D eigenvalue weighted by molar-refractivity contribution is 0.186. The first kappa shape index (κ1) is 8.25. The van der Waals surface area contributed by atoms with E-state index in [1.165, 1.54) is 0 Å². The van der Waals surface area contributed by atoms with Crippen molar-refractivity contribution in [3.05, 3.63) is 0 Å². The lowest BCUT2D eigenvalue weighted by atomic mass is 10.2. The molecule has 8 heavy (non-hydrogen) atoms. The highest BCUT2D eigenvalue weighted by molar-refractivity contribution is 6.20. The van der Waals surface area contributed by atoms with Crippen molar-refractivity contribution >= 4 is 11.6 Å². The molecular formula is C6H12ClO. The van der Waals surface area contributed by atoms with Crippen LogP contribution in [0.15, 0.2) is 0 Å². The van der Waals surface area contributed by atoms with E-state index < -0.39 is 0 Å². The van der Waals surface area contributed by atoms with Gasteiger partial charge in [0.2, 0.25) is 0 Å². The number of alkyl halides is 1. The smallest absolute Gasteiger partial charge is 0.0822 e. The Kier molecular flexibility index (Phi) is 5.56. The van der Waals surface area contributed by atoms with E-state index in [9.17, 15) is 5.11 Å². The first-order valence-corrected chi connectivity index (χ1v) is 3.43. The molecule has 0 aromatic rings. The van der Waals surface area contributed by atoms with Gasteiger partial charge in [-0.05, 0) is 26.2 Å². The predicted molar refractivity (Wildman–Crippen MR) is 34.7 cm³/mol. The van der Waals surface area contributed by atoms with Crippen LogP contribution in [0.4, 0.5) is 0 Å². The molecular weight excluding hydrogens is 124 g/mol. The molecule has 0 aromatic heterocycles. The maximum atomic E-state index is 9.87. The number of hydrogen-bond donors (Lipinski definition) is 0. The van der Waals surface area contributed by atoms with E-state index in [1.807, 2.05) is 6.92 Å². The van der Waals surface area contributed by atoms with Crippen LogP contribution in [-0.2, 0) is 5.11 Å². The molecule has 0 amide bonds. The molecule has 0 bridgehead atoms.